The number of nitrogens with zero attached hydrogens (tertiary/aromatic N) is 2. The average Bonchev–Trinajstić information content (AvgIpc) is 3.16. The summed E-state index contributed by atoms with van der Waals surface area (Å²) in [5.41, 5.74) is 1.71. The van der Waals surface area contributed by atoms with Crippen LogP contribution in [0, 0.1) is 11.3 Å². The van der Waals surface area contributed by atoms with E-state index in [1.54, 1.807) is 37.3 Å². The van der Waals surface area contributed by atoms with E-state index in [9.17, 15) is 20.0 Å². The van der Waals surface area contributed by atoms with Crippen LogP contribution in [-0.2, 0) is 9.47 Å². The summed E-state index contributed by atoms with van der Waals surface area (Å²) in [5.74, 6) is -1.01. The van der Waals surface area contributed by atoms with Crippen molar-refractivity contribution < 1.29 is 24.2 Å². The molecule has 1 heterocycles. The number of para-hydroxylation sites is 2. The summed E-state index contributed by atoms with van der Waals surface area (Å²) in [6.07, 6.45) is -0.645. The van der Waals surface area contributed by atoms with Gasteiger partial charge in [-0.3, -0.25) is 5.32 Å². The predicted molar refractivity (Wildman–Crippen MR) is 109 cm³/mol. The molecule has 0 saturated heterocycles. The number of anilines is 1. The molecule has 152 valence electrons. The highest BCUT2D eigenvalue weighted by Gasteiger charge is 2.16. The minimum Gasteiger partial charge on any atom is -0.507 e. The number of aromatic amines is 1. The van der Waals surface area contributed by atoms with Gasteiger partial charge in [0, 0.05) is 5.69 Å². The van der Waals surface area contributed by atoms with E-state index in [1.807, 2.05) is 12.1 Å². The number of nitrogens with one attached hydrogen (secondary N) is 2. The first-order valence-corrected chi connectivity index (χ1v) is 9.00. The van der Waals surface area contributed by atoms with Crippen molar-refractivity contribution in [3.05, 3.63) is 65.7 Å². The SMILES string of the molecule is CCOC(=O)Nc1cccc(C(=O)OC/C(O)=C(\C#N)c2nc3ccccc3[nH]2)c1. The molecule has 9 heteroatoms. The number of aromatic nitrogens is 2. The van der Waals surface area contributed by atoms with E-state index in [-0.39, 0.29) is 23.6 Å². The Bertz CT molecular complexity index is 1130. The number of fused-ring (bicyclic) bond motifs is 1. The molecule has 0 aliphatic rings. The molecule has 3 N–H and O–H groups in total. The Labute approximate surface area is 171 Å². The molecular weight excluding hydrogens is 388 g/mol. The van der Waals surface area contributed by atoms with E-state index in [0.717, 1.165) is 0 Å². The average molecular weight is 406 g/mol. The predicted octanol–water partition coefficient (Wildman–Crippen LogP) is 3.78. The lowest BCUT2D eigenvalue weighted by atomic mass is 10.2. The summed E-state index contributed by atoms with van der Waals surface area (Å²) < 4.78 is 9.87. The maximum atomic E-state index is 12.3. The summed E-state index contributed by atoms with van der Waals surface area (Å²) in [6.45, 7) is 1.37. The van der Waals surface area contributed by atoms with Crippen molar-refractivity contribution in [3.8, 4) is 6.07 Å². The van der Waals surface area contributed by atoms with Crippen LogP contribution in [0.15, 0.2) is 54.3 Å². The number of carbonyl (C=O) groups is 2. The first-order valence-electron chi connectivity index (χ1n) is 9.00. The number of carbonyl (C=O) groups excluding carboxylic acids is 2. The van der Waals surface area contributed by atoms with E-state index >= 15 is 0 Å². The van der Waals surface area contributed by atoms with Crippen LogP contribution in [0.2, 0.25) is 0 Å². The zero-order valence-corrected chi connectivity index (χ0v) is 16.0. The van der Waals surface area contributed by atoms with Gasteiger partial charge in [0.15, 0.2) is 11.6 Å². The summed E-state index contributed by atoms with van der Waals surface area (Å²) in [6, 6.07) is 15.1. The normalized spacial score (nSPS) is 11.3. The van der Waals surface area contributed by atoms with Gasteiger partial charge in [0.2, 0.25) is 0 Å². The van der Waals surface area contributed by atoms with Crippen LogP contribution in [0.3, 0.4) is 0 Å². The van der Waals surface area contributed by atoms with E-state index < -0.39 is 24.4 Å². The molecule has 0 unspecified atom stereocenters. The zero-order chi connectivity index (χ0) is 21.5. The summed E-state index contributed by atoms with van der Waals surface area (Å²) in [7, 11) is 0. The minimum atomic E-state index is -0.740. The number of aliphatic hydroxyl groups excluding tert-OH is 1. The Morgan fingerprint density at radius 2 is 2.00 bits per heavy atom. The lowest BCUT2D eigenvalue weighted by Crippen LogP contribution is -2.14. The van der Waals surface area contributed by atoms with Crippen molar-refractivity contribution in [2.45, 2.75) is 6.92 Å². The van der Waals surface area contributed by atoms with Crippen molar-refractivity contribution in [1.29, 1.82) is 5.26 Å². The van der Waals surface area contributed by atoms with Gasteiger partial charge in [-0.15, -0.1) is 0 Å². The molecule has 3 aromatic rings. The largest absolute Gasteiger partial charge is 0.507 e. The lowest BCUT2D eigenvalue weighted by Gasteiger charge is -2.08. The number of aliphatic hydroxyl groups is 1. The van der Waals surface area contributed by atoms with Crippen LogP contribution in [-0.4, -0.2) is 40.4 Å². The Balaban J connectivity index is 1.71. The number of H-pyrrole nitrogens is 1. The molecule has 0 aliphatic carbocycles. The second-order valence-corrected chi connectivity index (χ2v) is 6.04. The van der Waals surface area contributed by atoms with E-state index in [4.69, 9.17) is 9.47 Å². The molecule has 0 aliphatic heterocycles. The molecule has 0 bridgehead atoms. The highest BCUT2D eigenvalue weighted by atomic mass is 16.5. The van der Waals surface area contributed by atoms with Gasteiger partial charge in [-0.25, -0.2) is 14.6 Å². The van der Waals surface area contributed by atoms with Crippen LogP contribution < -0.4 is 5.32 Å². The van der Waals surface area contributed by atoms with Gasteiger partial charge >= 0.3 is 12.1 Å². The number of hydrogen-bond acceptors (Lipinski definition) is 7. The molecule has 0 spiro atoms. The molecular formula is C21H18N4O5. The van der Waals surface area contributed by atoms with Gasteiger partial charge < -0.3 is 19.6 Å². The molecule has 0 saturated carbocycles. The Morgan fingerprint density at radius 1 is 1.20 bits per heavy atom. The maximum Gasteiger partial charge on any atom is 0.411 e. The Kier molecular flexibility index (Phi) is 6.29. The van der Waals surface area contributed by atoms with Crippen molar-refractivity contribution >= 4 is 34.4 Å². The quantitative estimate of drug-likeness (QED) is 0.322. The maximum absolute atomic E-state index is 12.3. The Morgan fingerprint density at radius 3 is 2.73 bits per heavy atom. The molecule has 0 radical (unpaired) electrons. The number of rotatable bonds is 6. The number of esters is 1. The third-order valence-electron chi connectivity index (χ3n) is 3.99. The summed E-state index contributed by atoms with van der Waals surface area (Å²) in [5, 5.41) is 22.1. The number of nitriles is 1. The number of allylic oxidation sites excluding steroid dienone is 1. The van der Waals surface area contributed by atoms with E-state index in [0.29, 0.717) is 16.7 Å². The second-order valence-electron chi connectivity index (χ2n) is 6.04. The minimum absolute atomic E-state index is 0.128. The van der Waals surface area contributed by atoms with Crippen LogP contribution in [0.1, 0.15) is 23.1 Å². The molecule has 9 nitrogen and oxygen atoms in total. The fraction of sp³-hybridized carbons (Fsp3) is 0.143. The first kappa shape index (κ1) is 20.4. The fourth-order valence-corrected chi connectivity index (χ4v) is 2.62. The van der Waals surface area contributed by atoms with E-state index in [1.165, 1.54) is 12.1 Å². The number of imidazole rings is 1. The number of ether oxygens (including phenoxy) is 2. The molecule has 0 fully saturated rings. The molecule has 3 rings (SSSR count). The molecule has 30 heavy (non-hydrogen) atoms. The van der Waals surface area contributed by atoms with Gasteiger partial charge in [-0.05, 0) is 37.3 Å². The molecule has 2 aromatic carbocycles. The number of benzene rings is 2. The standard InChI is InChI=1S/C21H18N4O5/c1-2-29-21(28)23-14-7-5-6-13(10-14)20(27)30-12-18(26)15(11-22)19-24-16-8-3-4-9-17(16)25-19/h3-10,26H,2,12H2,1H3,(H,23,28)(H,24,25)/b18-15-. The zero-order valence-electron chi connectivity index (χ0n) is 16.0. The van der Waals surface area contributed by atoms with Crippen LogP contribution in [0.5, 0.6) is 0 Å². The summed E-state index contributed by atoms with van der Waals surface area (Å²) >= 11 is 0. The third-order valence-corrected chi connectivity index (χ3v) is 3.99. The van der Waals surface area contributed by atoms with Crippen molar-refractivity contribution in [1.82, 2.24) is 9.97 Å². The lowest BCUT2D eigenvalue weighted by molar-refractivity contribution is 0.0502. The Hall–Kier alpha value is -4.32. The highest BCUT2D eigenvalue weighted by molar-refractivity contribution is 5.92. The van der Waals surface area contributed by atoms with Crippen molar-refractivity contribution in [3.63, 3.8) is 0 Å². The van der Waals surface area contributed by atoms with Crippen LogP contribution in [0.4, 0.5) is 10.5 Å². The topological polar surface area (TPSA) is 137 Å². The van der Waals surface area contributed by atoms with Crippen LogP contribution >= 0.6 is 0 Å². The monoisotopic (exact) mass is 406 g/mol. The van der Waals surface area contributed by atoms with Gasteiger partial charge in [0.1, 0.15) is 18.2 Å². The van der Waals surface area contributed by atoms with Gasteiger partial charge in [0.05, 0.1) is 23.2 Å². The van der Waals surface area contributed by atoms with Crippen molar-refractivity contribution in [2.24, 2.45) is 0 Å². The van der Waals surface area contributed by atoms with E-state index in [2.05, 4.69) is 15.3 Å². The molecule has 1 aromatic heterocycles. The van der Waals surface area contributed by atoms with Crippen LogP contribution in [0.25, 0.3) is 16.6 Å². The fourth-order valence-electron chi connectivity index (χ4n) is 2.62. The number of amides is 1. The van der Waals surface area contributed by atoms with Gasteiger partial charge in [-0.1, -0.05) is 18.2 Å². The highest BCUT2D eigenvalue weighted by Crippen LogP contribution is 2.19. The summed E-state index contributed by atoms with van der Waals surface area (Å²) in [4.78, 5) is 31.0. The third kappa shape index (κ3) is 4.74. The molecule has 0 atom stereocenters. The number of hydrogen-bond donors (Lipinski definition) is 3. The van der Waals surface area contributed by atoms with Gasteiger partial charge in [-0.2, -0.15) is 5.26 Å². The van der Waals surface area contributed by atoms with Gasteiger partial charge in [0.25, 0.3) is 0 Å². The smallest absolute Gasteiger partial charge is 0.411 e. The molecule has 1 amide bonds. The van der Waals surface area contributed by atoms with Crippen molar-refractivity contribution in [2.75, 3.05) is 18.5 Å². The first-order chi connectivity index (χ1) is 14.5. The second kappa shape index (κ2) is 9.25.